The molecule has 4 aromatic rings. The summed E-state index contributed by atoms with van der Waals surface area (Å²) in [6.07, 6.45) is 5.34. The first kappa shape index (κ1) is 20.8. The van der Waals surface area contributed by atoms with Crippen molar-refractivity contribution in [2.45, 2.75) is 39.0 Å². The molecule has 0 spiro atoms. The number of hydrogen-bond donors (Lipinski definition) is 1. The van der Waals surface area contributed by atoms with E-state index >= 15 is 0 Å². The number of halogens is 1. The third-order valence-electron chi connectivity index (χ3n) is 5.11. The molecule has 0 bridgehead atoms. The van der Waals surface area contributed by atoms with Crippen LogP contribution in [-0.2, 0) is 6.42 Å². The van der Waals surface area contributed by atoms with Crippen LogP contribution in [0, 0.1) is 0 Å². The van der Waals surface area contributed by atoms with Crippen LogP contribution in [0.25, 0.3) is 32.8 Å². The standard InChI is InChI=1S/C24H22BrNO3S/c1-2-3-4-5-6-16-11-17-12-19(24(28)29-22(17)13-21(16)27)23-26-20(14-30-23)15-7-9-18(25)10-8-15/h7-14,27H,2-6H2,1H3. The molecule has 4 rings (SSSR count). The number of thiazole rings is 1. The number of rotatable bonds is 7. The summed E-state index contributed by atoms with van der Waals surface area (Å²) < 4.78 is 6.51. The van der Waals surface area contributed by atoms with Crippen LogP contribution in [0.3, 0.4) is 0 Å². The highest BCUT2D eigenvalue weighted by Crippen LogP contribution is 2.31. The second-order valence-corrected chi connectivity index (χ2v) is 9.10. The number of phenols is 1. The van der Waals surface area contributed by atoms with E-state index in [1.165, 1.54) is 24.2 Å². The first-order chi connectivity index (χ1) is 14.5. The summed E-state index contributed by atoms with van der Waals surface area (Å²) in [5.41, 5.74) is 3.08. The molecule has 4 nitrogen and oxygen atoms in total. The van der Waals surface area contributed by atoms with Crippen molar-refractivity contribution in [3.8, 4) is 27.6 Å². The van der Waals surface area contributed by atoms with Gasteiger partial charge < -0.3 is 9.52 Å². The summed E-state index contributed by atoms with van der Waals surface area (Å²) in [5, 5.41) is 13.7. The molecule has 0 aliphatic heterocycles. The monoisotopic (exact) mass is 483 g/mol. The van der Waals surface area contributed by atoms with Gasteiger partial charge in [0.2, 0.25) is 0 Å². The number of aryl methyl sites for hydroxylation is 1. The lowest BCUT2D eigenvalue weighted by Gasteiger charge is -2.07. The fraction of sp³-hybridized carbons (Fsp3) is 0.250. The molecule has 1 N–H and O–H groups in total. The second kappa shape index (κ2) is 9.14. The van der Waals surface area contributed by atoms with E-state index in [2.05, 4.69) is 27.8 Å². The van der Waals surface area contributed by atoms with Crippen molar-refractivity contribution in [1.29, 1.82) is 0 Å². The van der Waals surface area contributed by atoms with Crippen molar-refractivity contribution < 1.29 is 9.52 Å². The smallest absolute Gasteiger partial charge is 0.346 e. The lowest BCUT2D eigenvalue weighted by Crippen LogP contribution is -2.02. The molecule has 2 heterocycles. The van der Waals surface area contributed by atoms with Crippen molar-refractivity contribution in [1.82, 2.24) is 4.98 Å². The van der Waals surface area contributed by atoms with Gasteiger partial charge in [-0.25, -0.2) is 9.78 Å². The first-order valence-electron chi connectivity index (χ1n) is 10.1. The maximum Gasteiger partial charge on any atom is 0.346 e. The van der Waals surface area contributed by atoms with Crippen molar-refractivity contribution in [2.75, 3.05) is 0 Å². The highest BCUT2D eigenvalue weighted by atomic mass is 79.9. The van der Waals surface area contributed by atoms with Crippen LogP contribution >= 0.6 is 27.3 Å². The Balaban J connectivity index is 1.67. The summed E-state index contributed by atoms with van der Waals surface area (Å²) in [6, 6.07) is 13.2. The summed E-state index contributed by atoms with van der Waals surface area (Å²) in [5.74, 6) is 0.182. The summed E-state index contributed by atoms with van der Waals surface area (Å²) in [4.78, 5) is 17.2. The molecule has 0 amide bonds. The van der Waals surface area contributed by atoms with Crippen LogP contribution in [0.2, 0.25) is 0 Å². The average Bonchev–Trinajstić information content (AvgIpc) is 3.21. The predicted octanol–water partition coefficient (Wildman–Crippen LogP) is 7.17. The Labute approximate surface area is 187 Å². The molecule has 0 aliphatic carbocycles. The molecule has 6 heteroatoms. The molecule has 0 fully saturated rings. The van der Waals surface area contributed by atoms with Crippen LogP contribution in [0.5, 0.6) is 5.75 Å². The number of aromatic nitrogens is 1. The molecular weight excluding hydrogens is 462 g/mol. The minimum absolute atomic E-state index is 0.182. The van der Waals surface area contributed by atoms with Gasteiger partial charge in [-0.3, -0.25) is 0 Å². The fourth-order valence-corrected chi connectivity index (χ4v) is 4.54. The van der Waals surface area contributed by atoms with Crippen LogP contribution in [-0.4, -0.2) is 10.1 Å². The van der Waals surface area contributed by atoms with Gasteiger partial charge in [0.05, 0.1) is 11.3 Å². The Morgan fingerprint density at radius 3 is 2.67 bits per heavy atom. The molecule has 154 valence electrons. The topological polar surface area (TPSA) is 63.3 Å². The molecule has 0 saturated carbocycles. The minimum Gasteiger partial charge on any atom is -0.508 e. The van der Waals surface area contributed by atoms with Crippen LogP contribution in [0.15, 0.2) is 61.5 Å². The Hall–Kier alpha value is -2.44. The van der Waals surface area contributed by atoms with Crippen molar-refractivity contribution >= 4 is 38.2 Å². The number of fused-ring (bicyclic) bond motifs is 1. The van der Waals surface area contributed by atoms with Crippen LogP contribution in [0.1, 0.15) is 38.2 Å². The zero-order valence-corrected chi connectivity index (χ0v) is 19.1. The SMILES string of the molecule is CCCCCCc1cc2cc(-c3nc(-c4ccc(Br)cc4)cs3)c(=O)oc2cc1O. The van der Waals surface area contributed by atoms with Gasteiger partial charge in [0.1, 0.15) is 16.3 Å². The third kappa shape index (κ3) is 4.50. The number of aromatic hydroxyl groups is 1. The lowest BCUT2D eigenvalue weighted by molar-refractivity contribution is 0.464. The maximum absolute atomic E-state index is 12.6. The van der Waals surface area contributed by atoms with Crippen molar-refractivity contribution in [2.24, 2.45) is 0 Å². The number of nitrogens with zero attached hydrogens (tertiary/aromatic N) is 1. The van der Waals surface area contributed by atoms with E-state index in [-0.39, 0.29) is 5.75 Å². The zero-order valence-electron chi connectivity index (χ0n) is 16.7. The van der Waals surface area contributed by atoms with E-state index in [0.29, 0.717) is 16.2 Å². The lowest BCUT2D eigenvalue weighted by atomic mass is 10.0. The summed E-state index contributed by atoms with van der Waals surface area (Å²) >= 11 is 4.86. The first-order valence-corrected chi connectivity index (χ1v) is 11.7. The molecule has 2 aromatic carbocycles. The van der Waals surface area contributed by atoms with E-state index < -0.39 is 5.63 Å². The number of phenolic OH excluding ortho intramolecular Hbond substituents is 1. The van der Waals surface area contributed by atoms with Crippen molar-refractivity contribution in [3.05, 3.63) is 68.3 Å². The van der Waals surface area contributed by atoms with E-state index in [1.54, 1.807) is 6.07 Å². The number of benzene rings is 2. The highest BCUT2D eigenvalue weighted by Gasteiger charge is 2.14. The van der Waals surface area contributed by atoms with Gasteiger partial charge in [0, 0.05) is 26.9 Å². The Kier molecular flexibility index (Phi) is 6.35. The Bertz CT molecular complexity index is 1230. The van der Waals surface area contributed by atoms with E-state index in [4.69, 9.17) is 4.42 Å². The average molecular weight is 484 g/mol. The zero-order chi connectivity index (χ0) is 21.1. The summed E-state index contributed by atoms with van der Waals surface area (Å²) in [7, 11) is 0. The number of unbranched alkanes of at least 4 members (excludes halogenated alkanes) is 3. The molecule has 0 saturated heterocycles. The maximum atomic E-state index is 12.6. The molecule has 30 heavy (non-hydrogen) atoms. The summed E-state index contributed by atoms with van der Waals surface area (Å²) in [6.45, 7) is 2.18. The van der Waals surface area contributed by atoms with Gasteiger partial charge >= 0.3 is 5.63 Å². The van der Waals surface area contributed by atoms with Gasteiger partial charge in [-0.2, -0.15) is 0 Å². The van der Waals surface area contributed by atoms with Crippen LogP contribution in [0.4, 0.5) is 0 Å². The molecule has 0 atom stereocenters. The molecule has 0 aliphatic rings. The largest absolute Gasteiger partial charge is 0.508 e. The van der Waals surface area contributed by atoms with Gasteiger partial charge in [0.15, 0.2) is 0 Å². The Morgan fingerprint density at radius 2 is 1.90 bits per heavy atom. The van der Waals surface area contributed by atoms with Crippen molar-refractivity contribution in [3.63, 3.8) is 0 Å². The van der Waals surface area contributed by atoms with Gasteiger partial charge in [-0.15, -0.1) is 11.3 Å². The van der Waals surface area contributed by atoms with E-state index in [1.807, 2.05) is 41.8 Å². The molecular formula is C24H22BrNO3S. The molecule has 2 aromatic heterocycles. The van der Waals surface area contributed by atoms with Crippen LogP contribution < -0.4 is 5.63 Å². The van der Waals surface area contributed by atoms with Gasteiger partial charge in [0.25, 0.3) is 0 Å². The predicted molar refractivity (Wildman–Crippen MR) is 126 cm³/mol. The second-order valence-electron chi connectivity index (χ2n) is 7.32. The fourth-order valence-electron chi connectivity index (χ4n) is 3.45. The minimum atomic E-state index is -0.450. The van der Waals surface area contributed by atoms with E-state index in [0.717, 1.165) is 45.9 Å². The van der Waals surface area contributed by atoms with E-state index in [9.17, 15) is 9.90 Å². The third-order valence-corrected chi connectivity index (χ3v) is 6.51. The quantitative estimate of drug-likeness (QED) is 0.223. The molecule has 0 unspecified atom stereocenters. The van der Waals surface area contributed by atoms with Gasteiger partial charge in [-0.1, -0.05) is 54.2 Å². The van der Waals surface area contributed by atoms with Gasteiger partial charge in [-0.05, 0) is 42.7 Å². The number of hydrogen-bond acceptors (Lipinski definition) is 5. The highest BCUT2D eigenvalue weighted by molar-refractivity contribution is 9.10. The molecule has 0 radical (unpaired) electrons. The normalized spacial score (nSPS) is 11.3. The Morgan fingerprint density at radius 1 is 1.10 bits per heavy atom.